The summed E-state index contributed by atoms with van der Waals surface area (Å²) in [7, 11) is 0. The molecule has 0 saturated heterocycles. The van der Waals surface area contributed by atoms with Gasteiger partial charge in [-0.2, -0.15) is 5.10 Å². The lowest BCUT2D eigenvalue weighted by Gasteiger charge is -2.43. The van der Waals surface area contributed by atoms with Gasteiger partial charge in [0.15, 0.2) is 0 Å². The molecule has 0 aromatic carbocycles. The summed E-state index contributed by atoms with van der Waals surface area (Å²) in [4.78, 5) is 12.0. The highest BCUT2D eigenvalue weighted by atomic mass is 16.3. The molecular formula is C17H20N6O. The van der Waals surface area contributed by atoms with E-state index in [4.69, 9.17) is 0 Å². The maximum Gasteiger partial charge on any atom is 0.129 e. The molecule has 3 aromatic heterocycles. The van der Waals surface area contributed by atoms with Crippen molar-refractivity contribution in [2.24, 2.45) is 0 Å². The highest BCUT2D eigenvalue weighted by molar-refractivity contribution is 5.19. The van der Waals surface area contributed by atoms with Crippen molar-refractivity contribution in [2.75, 3.05) is 0 Å². The minimum absolute atomic E-state index is 0.0834. The van der Waals surface area contributed by atoms with Crippen LogP contribution in [0.25, 0.3) is 0 Å². The predicted octanol–water partition coefficient (Wildman–Crippen LogP) is 1.36. The smallest absolute Gasteiger partial charge is 0.129 e. The SMILES string of the molecule is Cc1cnn([C@H]2[C@H](O)C[C@@H]2NC(c2ccccn2)c2ncc[nH]2)c1. The molecule has 3 N–H and O–H groups in total. The van der Waals surface area contributed by atoms with Crippen LogP contribution in [0.3, 0.4) is 0 Å². The van der Waals surface area contributed by atoms with Crippen molar-refractivity contribution in [3.8, 4) is 0 Å². The van der Waals surface area contributed by atoms with Gasteiger partial charge < -0.3 is 10.1 Å². The second-order valence-corrected chi connectivity index (χ2v) is 6.23. The number of aryl methyl sites for hydroxylation is 1. The summed E-state index contributed by atoms with van der Waals surface area (Å²) in [6.45, 7) is 2.00. The van der Waals surface area contributed by atoms with Crippen LogP contribution in [0.2, 0.25) is 0 Å². The lowest BCUT2D eigenvalue weighted by atomic mass is 9.82. The van der Waals surface area contributed by atoms with Crippen molar-refractivity contribution >= 4 is 0 Å². The lowest BCUT2D eigenvalue weighted by molar-refractivity contribution is -0.0107. The highest BCUT2D eigenvalue weighted by Gasteiger charge is 2.43. The molecule has 24 heavy (non-hydrogen) atoms. The summed E-state index contributed by atoms with van der Waals surface area (Å²) in [5.41, 5.74) is 1.98. The molecular weight excluding hydrogens is 304 g/mol. The van der Waals surface area contributed by atoms with Gasteiger partial charge in [-0.1, -0.05) is 6.07 Å². The molecule has 1 aliphatic carbocycles. The summed E-state index contributed by atoms with van der Waals surface area (Å²) in [5, 5.41) is 18.2. The van der Waals surface area contributed by atoms with Gasteiger partial charge in [0.2, 0.25) is 0 Å². The van der Waals surface area contributed by atoms with Gasteiger partial charge in [-0.25, -0.2) is 4.98 Å². The van der Waals surface area contributed by atoms with Crippen molar-refractivity contribution in [1.82, 2.24) is 30.0 Å². The van der Waals surface area contributed by atoms with Crippen LogP contribution < -0.4 is 5.32 Å². The van der Waals surface area contributed by atoms with Crippen molar-refractivity contribution in [3.05, 3.63) is 66.3 Å². The van der Waals surface area contributed by atoms with E-state index in [9.17, 15) is 5.11 Å². The van der Waals surface area contributed by atoms with Crippen molar-refractivity contribution in [2.45, 2.75) is 37.6 Å². The molecule has 1 aliphatic rings. The zero-order chi connectivity index (χ0) is 16.5. The van der Waals surface area contributed by atoms with Gasteiger partial charge in [-0.3, -0.25) is 15.0 Å². The number of aromatic nitrogens is 5. The van der Waals surface area contributed by atoms with Crippen LogP contribution in [0, 0.1) is 6.92 Å². The third-order valence-corrected chi connectivity index (χ3v) is 4.50. The maximum absolute atomic E-state index is 10.2. The van der Waals surface area contributed by atoms with Gasteiger partial charge >= 0.3 is 0 Å². The molecule has 1 fully saturated rings. The number of rotatable bonds is 5. The fraction of sp³-hybridized carbons (Fsp3) is 0.353. The molecule has 1 saturated carbocycles. The number of hydrogen-bond acceptors (Lipinski definition) is 5. The molecule has 4 rings (SSSR count). The van der Waals surface area contributed by atoms with E-state index >= 15 is 0 Å². The number of aliphatic hydroxyl groups excluding tert-OH is 1. The number of H-pyrrole nitrogens is 1. The van der Waals surface area contributed by atoms with E-state index in [1.807, 2.05) is 42.2 Å². The van der Waals surface area contributed by atoms with E-state index in [0.29, 0.717) is 6.42 Å². The molecule has 4 atom stereocenters. The number of aromatic amines is 1. The monoisotopic (exact) mass is 324 g/mol. The zero-order valence-electron chi connectivity index (χ0n) is 13.4. The first-order chi connectivity index (χ1) is 11.7. The van der Waals surface area contributed by atoms with E-state index in [0.717, 1.165) is 17.1 Å². The zero-order valence-corrected chi connectivity index (χ0v) is 13.4. The normalized spacial score (nSPS) is 24.5. The van der Waals surface area contributed by atoms with E-state index < -0.39 is 6.10 Å². The Bertz CT molecular complexity index is 785. The molecule has 0 spiro atoms. The Morgan fingerprint density at radius 3 is 2.88 bits per heavy atom. The molecule has 124 valence electrons. The number of nitrogens with zero attached hydrogens (tertiary/aromatic N) is 4. The Morgan fingerprint density at radius 1 is 1.33 bits per heavy atom. The first-order valence-corrected chi connectivity index (χ1v) is 8.07. The van der Waals surface area contributed by atoms with E-state index in [1.165, 1.54) is 0 Å². The van der Waals surface area contributed by atoms with E-state index in [2.05, 4.69) is 25.4 Å². The lowest BCUT2D eigenvalue weighted by Crippen LogP contribution is -2.55. The minimum atomic E-state index is -0.400. The van der Waals surface area contributed by atoms with Gasteiger partial charge in [-0.15, -0.1) is 0 Å². The molecule has 0 amide bonds. The summed E-state index contributed by atoms with van der Waals surface area (Å²) < 4.78 is 1.85. The first-order valence-electron chi connectivity index (χ1n) is 8.07. The molecule has 0 radical (unpaired) electrons. The van der Waals surface area contributed by atoms with Crippen molar-refractivity contribution < 1.29 is 5.11 Å². The molecule has 0 bridgehead atoms. The van der Waals surface area contributed by atoms with Crippen LogP contribution in [-0.2, 0) is 0 Å². The molecule has 7 heteroatoms. The van der Waals surface area contributed by atoms with Crippen LogP contribution in [-0.4, -0.2) is 42.0 Å². The van der Waals surface area contributed by atoms with Crippen LogP contribution in [0.1, 0.15) is 35.6 Å². The highest BCUT2D eigenvalue weighted by Crippen LogP contribution is 2.35. The van der Waals surface area contributed by atoms with Gasteiger partial charge in [-0.05, 0) is 31.0 Å². The average Bonchev–Trinajstić information content (AvgIpc) is 3.24. The van der Waals surface area contributed by atoms with Crippen molar-refractivity contribution in [1.29, 1.82) is 0 Å². The van der Waals surface area contributed by atoms with E-state index in [1.54, 1.807) is 18.6 Å². The number of hydrogen-bond donors (Lipinski definition) is 3. The van der Waals surface area contributed by atoms with Gasteiger partial charge in [0.1, 0.15) is 11.9 Å². The molecule has 3 heterocycles. The van der Waals surface area contributed by atoms with Crippen LogP contribution in [0.4, 0.5) is 0 Å². The van der Waals surface area contributed by atoms with Crippen molar-refractivity contribution in [3.63, 3.8) is 0 Å². The Balaban J connectivity index is 1.59. The number of nitrogens with one attached hydrogen (secondary N) is 2. The van der Waals surface area contributed by atoms with Crippen LogP contribution >= 0.6 is 0 Å². The van der Waals surface area contributed by atoms with Gasteiger partial charge in [0, 0.05) is 30.8 Å². The third-order valence-electron chi connectivity index (χ3n) is 4.50. The second kappa shape index (κ2) is 6.18. The number of pyridine rings is 1. The van der Waals surface area contributed by atoms with E-state index in [-0.39, 0.29) is 18.1 Å². The summed E-state index contributed by atoms with van der Waals surface area (Å²) in [6, 6.07) is 5.69. The predicted molar refractivity (Wildman–Crippen MR) is 88.2 cm³/mol. The third kappa shape index (κ3) is 2.72. The topological polar surface area (TPSA) is 91.7 Å². The largest absolute Gasteiger partial charge is 0.391 e. The quantitative estimate of drug-likeness (QED) is 0.659. The number of imidazole rings is 1. The standard InChI is InChI=1S/C17H20N6O/c1-11-9-21-23(10-11)16-13(8-14(16)24)22-15(17-19-6-7-20-17)12-4-2-3-5-18-12/h2-7,9-10,13-16,22,24H,8H2,1H3,(H,19,20)/t13-,14+,15?,16+/m0/s1. The Morgan fingerprint density at radius 2 is 2.25 bits per heavy atom. The average molecular weight is 324 g/mol. The minimum Gasteiger partial charge on any atom is -0.391 e. The molecule has 7 nitrogen and oxygen atoms in total. The fourth-order valence-electron chi connectivity index (χ4n) is 3.24. The Hall–Kier alpha value is -2.51. The summed E-state index contributed by atoms with van der Waals surface area (Å²) in [6.07, 6.45) is 9.36. The molecule has 1 unspecified atom stereocenters. The Kier molecular flexibility index (Phi) is 3.87. The Labute approximate surface area is 139 Å². The summed E-state index contributed by atoms with van der Waals surface area (Å²) in [5.74, 6) is 0.811. The molecule has 0 aliphatic heterocycles. The maximum atomic E-state index is 10.2. The fourth-order valence-corrected chi connectivity index (χ4v) is 3.24. The van der Waals surface area contributed by atoms with Crippen LogP contribution in [0.5, 0.6) is 0 Å². The molecule has 3 aromatic rings. The number of aliphatic hydroxyl groups is 1. The second-order valence-electron chi connectivity index (χ2n) is 6.23. The van der Waals surface area contributed by atoms with Gasteiger partial charge in [0.25, 0.3) is 0 Å². The first kappa shape index (κ1) is 15.0. The summed E-state index contributed by atoms with van der Waals surface area (Å²) >= 11 is 0. The van der Waals surface area contributed by atoms with Gasteiger partial charge in [0.05, 0.1) is 24.0 Å². The van der Waals surface area contributed by atoms with Crippen LogP contribution in [0.15, 0.2) is 49.2 Å².